The van der Waals surface area contributed by atoms with Gasteiger partial charge in [0.1, 0.15) is 6.04 Å². The molecular formula is C16H25N3O3S. The largest absolute Gasteiger partial charge is 0.352 e. The van der Waals surface area contributed by atoms with Crippen molar-refractivity contribution in [2.45, 2.75) is 68.8 Å². The van der Waals surface area contributed by atoms with Crippen LogP contribution in [-0.4, -0.2) is 51.9 Å². The van der Waals surface area contributed by atoms with E-state index in [1.54, 1.807) is 16.7 Å². The van der Waals surface area contributed by atoms with Gasteiger partial charge < -0.3 is 15.5 Å². The lowest BCUT2D eigenvalue weighted by molar-refractivity contribution is -0.138. The molecule has 2 aliphatic heterocycles. The van der Waals surface area contributed by atoms with Gasteiger partial charge in [-0.25, -0.2) is 0 Å². The minimum absolute atomic E-state index is 0.00472. The van der Waals surface area contributed by atoms with Crippen molar-refractivity contribution in [3.05, 3.63) is 0 Å². The molecule has 1 saturated carbocycles. The first-order chi connectivity index (χ1) is 11.0. The van der Waals surface area contributed by atoms with Crippen LogP contribution in [0.5, 0.6) is 0 Å². The zero-order valence-corrected chi connectivity index (χ0v) is 14.4. The Hall–Kier alpha value is -1.24. The third-order valence-corrected chi connectivity index (χ3v) is 6.65. The van der Waals surface area contributed by atoms with E-state index in [2.05, 4.69) is 10.6 Å². The highest BCUT2D eigenvalue weighted by atomic mass is 32.2. The monoisotopic (exact) mass is 339 g/mol. The number of carbonyl (C=O) groups is 3. The molecule has 0 aromatic heterocycles. The second-order valence-corrected chi connectivity index (χ2v) is 8.39. The first kappa shape index (κ1) is 16.6. The molecule has 128 valence electrons. The summed E-state index contributed by atoms with van der Waals surface area (Å²) in [7, 11) is 0. The summed E-state index contributed by atoms with van der Waals surface area (Å²) in [5.41, 5.74) is 0. The Morgan fingerprint density at radius 2 is 2.04 bits per heavy atom. The first-order valence-electron chi connectivity index (χ1n) is 8.53. The summed E-state index contributed by atoms with van der Waals surface area (Å²) in [6.45, 7) is 2.01. The Labute approximate surface area is 141 Å². The number of thioether (sulfide) groups is 1. The van der Waals surface area contributed by atoms with Gasteiger partial charge in [0.15, 0.2) is 0 Å². The van der Waals surface area contributed by atoms with Crippen LogP contribution in [0.25, 0.3) is 0 Å². The highest BCUT2D eigenvalue weighted by molar-refractivity contribution is 8.01. The average Bonchev–Trinajstić information content (AvgIpc) is 3.03. The zero-order chi connectivity index (χ0) is 16.4. The van der Waals surface area contributed by atoms with E-state index >= 15 is 0 Å². The summed E-state index contributed by atoms with van der Waals surface area (Å²) in [6, 6.07) is -0.193. The van der Waals surface area contributed by atoms with Gasteiger partial charge in [-0.05, 0) is 26.2 Å². The van der Waals surface area contributed by atoms with Crippen LogP contribution in [0.4, 0.5) is 0 Å². The lowest BCUT2D eigenvalue weighted by Crippen LogP contribution is -2.52. The number of nitrogens with one attached hydrogen (secondary N) is 2. The van der Waals surface area contributed by atoms with Gasteiger partial charge in [0.25, 0.3) is 0 Å². The van der Waals surface area contributed by atoms with Crippen molar-refractivity contribution in [1.82, 2.24) is 15.5 Å². The van der Waals surface area contributed by atoms with Gasteiger partial charge >= 0.3 is 0 Å². The normalized spacial score (nSPS) is 31.1. The maximum atomic E-state index is 12.4. The van der Waals surface area contributed by atoms with E-state index in [1.807, 2.05) is 6.92 Å². The third kappa shape index (κ3) is 3.49. The van der Waals surface area contributed by atoms with Crippen LogP contribution >= 0.6 is 11.8 Å². The average molecular weight is 339 g/mol. The molecule has 3 fully saturated rings. The minimum Gasteiger partial charge on any atom is -0.352 e. The molecule has 6 nitrogen and oxygen atoms in total. The van der Waals surface area contributed by atoms with E-state index < -0.39 is 6.04 Å². The molecule has 0 bridgehead atoms. The van der Waals surface area contributed by atoms with Gasteiger partial charge in [-0.15, -0.1) is 11.8 Å². The fraction of sp³-hybridized carbons (Fsp3) is 0.812. The number of fused-ring (bicyclic) bond motifs is 1. The van der Waals surface area contributed by atoms with Gasteiger partial charge in [0.05, 0.1) is 11.4 Å². The molecule has 2 N–H and O–H groups in total. The summed E-state index contributed by atoms with van der Waals surface area (Å²) in [6.07, 6.45) is 6.92. The predicted molar refractivity (Wildman–Crippen MR) is 88.8 cm³/mol. The molecule has 23 heavy (non-hydrogen) atoms. The molecular weight excluding hydrogens is 314 g/mol. The van der Waals surface area contributed by atoms with Gasteiger partial charge in [-0.2, -0.15) is 0 Å². The van der Waals surface area contributed by atoms with Crippen LogP contribution in [0.15, 0.2) is 0 Å². The summed E-state index contributed by atoms with van der Waals surface area (Å²) in [4.78, 5) is 37.8. The fourth-order valence-electron chi connectivity index (χ4n) is 3.83. The summed E-state index contributed by atoms with van der Waals surface area (Å²) >= 11 is 1.66. The van der Waals surface area contributed by atoms with Crippen molar-refractivity contribution < 1.29 is 14.4 Å². The third-order valence-electron chi connectivity index (χ3n) is 5.14. The molecule has 2 atom stereocenters. The summed E-state index contributed by atoms with van der Waals surface area (Å²) in [5.74, 6) is 0.309. The van der Waals surface area contributed by atoms with E-state index in [1.165, 1.54) is 6.42 Å². The highest BCUT2D eigenvalue weighted by Gasteiger charge is 2.52. The van der Waals surface area contributed by atoms with E-state index in [9.17, 15) is 14.4 Å². The van der Waals surface area contributed by atoms with E-state index in [-0.39, 0.29) is 35.2 Å². The van der Waals surface area contributed by atoms with Crippen molar-refractivity contribution in [3.8, 4) is 0 Å². The van der Waals surface area contributed by atoms with Crippen LogP contribution in [0.2, 0.25) is 0 Å². The van der Waals surface area contributed by atoms with Crippen molar-refractivity contribution >= 4 is 29.5 Å². The maximum Gasteiger partial charge on any atom is 0.244 e. The molecule has 0 aromatic rings. The Bertz CT molecular complexity index is 507. The van der Waals surface area contributed by atoms with Crippen LogP contribution < -0.4 is 10.6 Å². The van der Waals surface area contributed by atoms with Crippen LogP contribution in [0, 0.1) is 0 Å². The number of carbonyl (C=O) groups excluding carboxylic acids is 3. The Kier molecular flexibility index (Phi) is 4.85. The number of rotatable bonds is 4. The van der Waals surface area contributed by atoms with Gasteiger partial charge in [0, 0.05) is 18.2 Å². The quantitative estimate of drug-likeness (QED) is 0.801. The molecule has 2 saturated heterocycles. The topological polar surface area (TPSA) is 78.5 Å². The highest BCUT2D eigenvalue weighted by Crippen LogP contribution is 2.47. The van der Waals surface area contributed by atoms with Crippen molar-refractivity contribution in [2.75, 3.05) is 12.3 Å². The summed E-state index contributed by atoms with van der Waals surface area (Å²) < 4.78 is 0. The van der Waals surface area contributed by atoms with E-state index in [4.69, 9.17) is 0 Å². The number of hydrogen-bond donors (Lipinski definition) is 2. The molecule has 0 unspecified atom stereocenters. The van der Waals surface area contributed by atoms with Gasteiger partial charge in [0.2, 0.25) is 17.7 Å². The van der Waals surface area contributed by atoms with Crippen molar-refractivity contribution in [3.63, 3.8) is 0 Å². The molecule has 7 heteroatoms. The molecule has 1 aliphatic carbocycles. The molecule has 2 heterocycles. The van der Waals surface area contributed by atoms with E-state index in [0.29, 0.717) is 12.2 Å². The van der Waals surface area contributed by atoms with Crippen molar-refractivity contribution in [1.29, 1.82) is 0 Å². The maximum absolute atomic E-state index is 12.4. The van der Waals surface area contributed by atoms with Crippen molar-refractivity contribution in [2.24, 2.45) is 0 Å². The minimum atomic E-state index is -0.442. The summed E-state index contributed by atoms with van der Waals surface area (Å²) in [5, 5.41) is 5.69. The Morgan fingerprint density at radius 3 is 2.78 bits per heavy atom. The van der Waals surface area contributed by atoms with Crippen LogP contribution in [-0.2, 0) is 14.4 Å². The van der Waals surface area contributed by atoms with Gasteiger partial charge in [-0.3, -0.25) is 14.4 Å². The number of nitrogens with zero attached hydrogens (tertiary/aromatic N) is 1. The standard InChI is InChI=1S/C16H25N3O3S/c1-16-8-7-14(21)19(16)12(10-23-16)15(22)17-9-13(20)18-11-5-3-2-4-6-11/h11-12H,2-10H2,1H3,(H,17,22)(H,18,20)/t12-,16-/m0/s1. The number of hydrogen-bond acceptors (Lipinski definition) is 4. The smallest absolute Gasteiger partial charge is 0.244 e. The van der Waals surface area contributed by atoms with Crippen LogP contribution in [0.3, 0.4) is 0 Å². The zero-order valence-electron chi connectivity index (χ0n) is 13.6. The lowest BCUT2D eigenvalue weighted by atomic mass is 9.95. The Morgan fingerprint density at radius 1 is 1.30 bits per heavy atom. The molecule has 3 amide bonds. The molecule has 3 rings (SSSR count). The Balaban J connectivity index is 1.47. The first-order valence-corrected chi connectivity index (χ1v) is 9.51. The lowest BCUT2D eigenvalue weighted by Gasteiger charge is -2.29. The predicted octanol–water partition coefficient (Wildman–Crippen LogP) is 1.01. The second kappa shape index (κ2) is 6.71. The van der Waals surface area contributed by atoms with Crippen LogP contribution in [0.1, 0.15) is 51.9 Å². The molecule has 0 radical (unpaired) electrons. The molecule has 3 aliphatic rings. The molecule has 0 aromatic carbocycles. The molecule has 0 spiro atoms. The SMILES string of the molecule is C[C@]12CCC(=O)N1[C@H](C(=O)NCC(=O)NC1CCCCC1)CS2. The second-order valence-electron chi connectivity index (χ2n) is 6.89. The number of amides is 3. The van der Waals surface area contributed by atoms with E-state index in [0.717, 1.165) is 32.1 Å². The van der Waals surface area contributed by atoms with Gasteiger partial charge in [-0.1, -0.05) is 19.3 Å². The fourth-order valence-corrected chi connectivity index (χ4v) is 5.26.